The molecule has 0 atom stereocenters. The maximum Gasteiger partial charge on any atom is 0.267 e. The Morgan fingerprint density at radius 1 is 1.14 bits per heavy atom. The number of ether oxygens (including phenoxy) is 1. The number of aromatic nitrogens is 2. The molecule has 0 saturated heterocycles. The highest BCUT2D eigenvalue weighted by molar-refractivity contribution is 7.99. The van der Waals surface area contributed by atoms with E-state index in [1.54, 1.807) is 34.1 Å². The average molecular weight is 563 g/mol. The predicted octanol–water partition coefficient (Wildman–Crippen LogP) is 7.14. The van der Waals surface area contributed by atoms with Gasteiger partial charge >= 0.3 is 0 Å². The Morgan fingerprint density at radius 2 is 1.89 bits per heavy atom. The lowest BCUT2D eigenvalue weighted by atomic mass is 10.1. The number of fused-ring (bicyclic) bond motifs is 1. The summed E-state index contributed by atoms with van der Waals surface area (Å²) in [5, 5.41) is 4.65. The fraction of sp³-hybridized carbons (Fsp3) is 0.269. The van der Waals surface area contributed by atoms with Crippen LogP contribution in [0.1, 0.15) is 30.7 Å². The van der Waals surface area contributed by atoms with Crippen LogP contribution in [0, 0.1) is 6.92 Å². The van der Waals surface area contributed by atoms with Crippen molar-refractivity contribution in [1.29, 1.82) is 0 Å². The van der Waals surface area contributed by atoms with Crippen molar-refractivity contribution in [1.82, 2.24) is 9.55 Å². The number of hydrogen-bond acceptors (Lipinski definition) is 6. The van der Waals surface area contributed by atoms with Crippen LogP contribution in [0.4, 0.5) is 5.69 Å². The molecule has 0 radical (unpaired) electrons. The van der Waals surface area contributed by atoms with E-state index in [1.165, 1.54) is 11.8 Å². The second-order valence-corrected chi connectivity index (χ2v) is 10.8. The number of nitrogens with one attached hydrogen (secondary N) is 1. The predicted molar refractivity (Wildman–Crippen MR) is 151 cm³/mol. The molecule has 0 unspecified atom stereocenters. The standard InChI is InChI=1S/C26H25Cl2N3O3S2/c1-4-6-21-15(3)23-24(36-21)30-26(31(25(23)33)17-8-10-18(11-9-17)34-5-2)35-14-22(32)29-16-7-12-19(27)20(28)13-16/h7-13H,4-6,14H2,1-3H3,(H,29,32). The molecule has 1 N–H and O–H groups in total. The molecule has 36 heavy (non-hydrogen) atoms. The van der Waals surface area contributed by atoms with Gasteiger partial charge in [-0.3, -0.25) is 14.2 Å². The van der Waals surface area contributed by atoms with E-state index in [0.29, 0.717) is 43.4 Å². The van der Waals surface area contributed by atoms with Crippen LogP contribution in [-0.2, 0) is 11.2 Å². The first-order chi connectivity index (χ1) is 17.3. The molecule has 2 aromatic carbocycles. The summed E-state index contributed by atoms with van der Waals surface area (Å²) in [7, 11) is 0. The van der Waals surface area contributed by atoms with Crippen LogP contribution in [0.2, 0.25) is 10.0 Å². The zero-order chi connectivity index (χ0) is 25.8. The van der Waals surface area contributed by atoms with Crippen LogP contribution in [-0.4, -0.2) is 27.8 Å². The van der Waals surface area contributed by atoms with Gasteiger partial charge < -0.3 is 10.1 Å². The number of amides is 1. The van der Waals surface area contributed by atoms with Crippen molar-refractivity contribution < 1.29 is 9.53 Å². The molecule has 2 aromatic heterocycles. The molecule has 0 bridgehead atoms. The number of anilines is 1. The van der Waals surface area contributed by atoms with Gasteiger partial charge in [0.1, 0.15) is 10.6 Å². The highest BCUT2D eigenvalue weighted by Crippen LogP contribution is 2.31. The minimum atomic E-state index is -0.250. The van der Waals surface area contributed by atoms with Gasteiger partial charge in [-0.2, -0.15) is 0 Å². The molecule has 0 aliphatic rings. The molecule has 10 heteroatoms. The summed E-state index contributed by atoms with van der Waals surface area (Å²) < 4.78 is 7.12. The smallest absolute Gasteiger partial charge is 0.267 e. The minimum absolute atomic E-state index is 0.0569. The van der Waals surface area contributed by atoms with Crippen LogP contribution in [0.3, 0.4) is 0 Å². The molecule has 0 spiro atoms. The van der Waals surface area contributed by atoms with Gasteiger partial charge in [-0.15, -0.1) is 11.3 Å². The van der Waals surface area contributed by atoms with Gasteiger partial charge in [0.25, 0.3) is 5.56 Å². The molecule has 6 nitrogen and oxygen atoms in total. The fourth-order valence-corrected chi connectivity index (χ4v) is 6.19. The Kier molecular flexibility index (Phi) is 8.62. The number of aryl methyl sites for hydroxylation is 2. The van der Waals surface area contributed by atoms with Crippen molar-refractivity contribution in [3.05, 3.63) is 73.3 Å². The van der Waals surface area contributed by atoms with Gasteiger partial charge in [-0.05, 0) is 68.3 Å². The van der Waals surface area contributed by atoms with Crippen molar-refractivity contribution >= 4 is 68.1 Å². The minimum Gasteiger partial charge on any atom is -0.494 e. The topological polar surface area (TPSA) is 73.2 Å². The fourth-order valence-electron chi connectivity index (χ4n) is 3.76. The third-order valence-electron chi connectivity index (χ3n) is 5.45. The summed E-state index contributed by atoms with van der Waals surface area (Å²) in [5.74, 6) is 0.525. The van der Waals surface area contributed by atoms with Gasteiger partial charge in [0.15, 0.2) is 5.16 Å². The Labute approximate surface area is 227 Å². The number of halogens is 2. The Hall–Kier alpha value is -2.52. The number of thioether (sulfide) groups is 1. The molecule has 2 heterocycles. The second kappa shape index (κ2) is 11.7. The van der Waals surface area contributed by atoms with Crippen LogP contribution in [0.5, 0.6) is 5.75 Å². The van der Waals surface area contributed by atoms with E-state index in [4.69, 9.17) is 32.9 Å². The average Bonchev–Trinajstić information content (AvgIpc) is 3.16. The van der Waals surface area contributed by atoms with Crippen molar-refractivity contribution in [3.63, 3.8) is 0 Å². The number of rotatable bonds is 9. The zero-order valence-electron chi connectivity index (χ0n) is 20.1. The second-order valence-electron chi connectivity index (χ2n) is 8.01. The summed E-state index contributed by atoms with van der Waals surface area (Å²) in [6.45, 7) is 6.56. The summed E-state index contributed by atoms with van der Waals surface area (Å²) >= 11 is 14.8. The Bertz CT molecular complexity index is 1470. The van der Waals surface area contributed by atoms with Crippen LogP contribution in [0.25, 0.3) is 15.9 Å². The molecule has 0 aliphatic heterocycles. The monoisotopic (exact) mass is 561 g/mol. The van der Waals surface area contributed by atoms with Gasteiger partial charge in [0, 0.05) is 10.6 Å². The number of carbonyl (C=O) groups is 1. The first kappa shape index (κ1) is 26.5. The van der Waals surface area contributed by atoms with E-state index in [9.17, 15) is 9.59 Å². The van der Waals surface area contributed by atoms with Crippen molar-refractivity contribution in [2.75, 3.05) is 17.7 Å². The van der Waals surface area contributed by atoms with Gasteiger partial charge in [-0.1, -0.05) is 48.3 Å². The number of hydrogen-bond donors (Lipinski definition) is 1. The van der Waals surface area contributed by atoms with E-state index in [-0.39, 0.29) is 17.2 Å². The van der Waals surface area contributed by atoms with Crippen LogP contribution < -0.4 is 15.6 Å². The van der Waals surface area contributed by atoms with Crippen LogP contribution >= 0.6 is 46.3 Å². The molecular weight excluding hydrogens is 537 g/mol. The van der Waals surface area contributed by atoms with E-state index in [1.807, 2.05) is 38.1 Å². The molecule has 0 fully saturated rings. The third kappa shape index (κ3) is 5.72. The molecular formula is C26H25Cl2N3O3S2. The number of carbonyl (C=O) groups excluding carboxylic acids is 1. The SMILES string of the molecule is CCCc1sc2nc(SCC(=O)Nc3ccc(Cl)c(Cl)c3)n(-c3ccc(OCC)cc3)c(=O)c2c1C. The molecule has 4 rings (SSSR count). The summed E-state index contributed by atoms with van der Waals surface area (Å²) in [6, 6.07) is 12.2. The summed E-state index contributed by atoms with van der Waals surface area (Å²) in [5.41, 5.74) is 2.03. The number of benzene rings is 2. The number of nitrogens with zero attached hydrogens (tertiary/aromatic N) is 2. The van der Waals surface area contributed by atoms with Crippen molar-refractivity contribution in [3.8, 4) is 11.4 Å². The lowest BCUT2D eigenvalue weighted by Gasteiger charge is -2.13. The molecule has 188 valence electrons. The van der Waals surface area contributed by atoms with Crippen molar-refractivity contribution in [2.45, 2.75) is 38.8 Å². The van der Waals surface area contributed by atoms with E-state index < -0.39 is 0 Å². The number of thiophene rings is 1. The van der Waals surface area contributed by atoms with Gasteiger partial charge in [0.05, 0.1) is 33.5 Å². The normalized spacial score (nSPS) is 11.1. The lowest BCUT2D eigenvalue weighted by molar-refractivity contribution is -0.113. The molecule has 0 saturated carbocycles. The summed E-state index contributed by atoms with van der Waals surface area (Å²) in [4.78, 5) is 33.1. The Morgan fingerprint density at radius 3 is 2.56 bits per heavy atom. The largest absolute Gasteiger partial charge is 0.494 e. The lowest BCUT2D eigenvalue weighted by Crippen LogP contribution is -2.23. The van der Waals surface area contributed by atoms with Gasteiger partial charge in [0.2, 0.25) is 5.91 Å². The van der Waals surface area contributed by atoms with E-state index >= 15 is 0 Å². The quantitative estimate of drug-likeness (QED) is 0.173. The first-order valence-electron chi connectivity index (χ1n) is 11.5. The summed E-state index contributed by atoms with van der Waals surface area (Å²) in [6.07, 6.45) is 1.88. The Balaban J connectivity index is 1.70. The molecule has 0 aliphatic carbocycles. The highest BCUT2D eigenvalue weighted by atomic mass is 35.5. The van der Waals surface area contributed by atoms with Crippen molar-refractivity contribution in [2.24, 2.45) is 0 Å². The van der Waals surface area contributed by atoms with E-state index in [0.717, 1.165) is 29.0 Å². The maximum atomic E-state index is 13.8. The molecule has 1 amide bonds. The molecule has 4 aromatic rings. The maximum absolute atomic E-state index is 13.8. The zero-order valence-corrected chi connectivity index (χ0v) is 23.2. The van der Waals surface area contributed by atoms with Gasteiger partial charge in [-0.25, -0.2) is 4.98 Å². The highest BCUT2D eigenvalue weighted by Gasteiger charge is 2.20. The first-order valence-corrected chi connectivity index (χ1v) is 14.0. The third-order valence-corrected chi connectivity index (χ3v) is 8.37. The van der Waals surface area contributed by atoms with E-state index in [2.05, 4.69) is 12.2 Å². The van der Waals surface area contributed by atoms with Crippen LogP contribution in [0.15, 0.2) is 52.4 Å².